The predicted molar refractivity (Wildman–Crippen MR) is 134 cm³/mol. The molecule has 3 aromatic carbocycles. The Kier molecular flexibility index (Phi) is 13.5. The molecule has 34 heavy (non-hydrogen) atoms. The van der Waals surface area contributed by atoms with Gasteiger partial charge in [0.2, 0.25) is 0 Å². The fourth-order valence-electron chi connectivity index (χ4n) is 3.57. The Hall–Kier alpha value is -3.56. The first-order valence-corrected chi connectivity index (χ1v) is 12.9. The summed E-state index contributed by atoms with van der Waals surface area (Å²) >= 11 is 1.19. The SMILES string of the molecule is [CH-]=O.[CH-]=O.[CH-]=O.[Cl][Re].c1ccc(-c2ccnc3c2ccc2c(-c4ccccc4)ccnc23)cc1. The summed E-state index contributed by atoms with van der Waals surface area (Å²) in [6.07, 6.45) is 3.75. The topological polar surface area (TPSA) is 77.0 Å². The maximum atomic E-state index is 7.75. The monoisotopic (exact) mass is 641 g/mol. The Morgan fingerprint density at radius 3 is 1.15 bits per heavy atom. The van der Waals surface area contributed by atoms with Crippen molar-refractivity contribution in [3.05, 3.63) is 97.3 Å². The summed E-state index contributed by atoms with van der Waals surface area (Å²) in [7, 11) is 4.69. The molecule has 5 rings (SSSR count). The van der Waals surface area contributed by atoms with E-state index in [2.05, 4.69) is 103 Å². The van der Waals surface area contributed by atoms with Crippen molar-refractivity contribution in [3.63, 3.8) is 0 Å². The maximum Gasteiger partial charge on any atom is 0.0970 e. The number of hydrogen-bond donors (Lipinski definition) is 0. The van der Waals surface area contributed by atoms with Crippen LogP contribution in [0.5, 0.6) is 0 Å². The fourth-order valence-corrected chi connectivity index (χ4v) is 3.57. The Labute approximate surface area is 213 Å². The number of rotatable bonds is 2. The molecule has 0 aliphatic rings. The summed E-state index contributed by atoms with van der Waals surface area (Å²) in [5.74, 6) is 0. The van der Waals surface area contributed by atoms with Crippen molar-refractivity contribution >= 4 is 51.7 Å². The van der Waals surface area contributed by atoms with Gasteiger partial charge in [0, 0.05) is 23.2 Å². The second-order valence-corrected chi connectivity index (χ2v) is 6.31. The van der Waals surface area contributed by atoms with E-state index in [1.807, 2.05) is 24.5 Å². The summed E-state index contributed by atoms with van der Waals surface area (Å²) in [4.78, 5) is 32.6. The molecule has 0 amide bonds. The van der Waals surface area contributed by atoms with Gasteiger partial charge in [-0.1, -0.05) is 72.8 Å². The molecule has 0 unspecified atom stereocenters. The zero-order valence-electron chi connectivity index (χ0n) is 17.8. The number of aromatic nitrogens is 2. The standard InChI is InChI=1S/C24H16N2.3CHO.ClH.Re/c1-3-7-17(8-4-1)19-13-15-25-23-21(19)11-12-22-20(14-16-26-24(22)23)18-9-5-2-6-10-18;3*1-2;;/h1-16H;3*1H;1H;/q;3*-1;;+1/p-1. The number of carbonyl (C=O) groups excluding carboxylic acids is 3. The first kappa shape index (κ1) is 28.5. The molecule has 0 radical (unpaired) electrons. The van der Waals surface area contributed by atoms with Crippen molar-refractivity contribution in [2.24, 2.45) is 0 Å². The van der Waals surface area contributed by atoms with Crippen molar-refractivity contribution in [1.82, 2.24) is 9.97 Å². The second kappa shape index (κ2) is 16.1. The smallest absolute Gasteiger partial charge is 0.0970 e. The third-order valence-corrected chi connectivity index (χ3v) is 4.79. The molecule has 0 aliphatic heterocycles. The van der Waals surface area contributed by atoms with Gasteiger partial charge in [-0.05, 0) is 34.4 Å². The number of halogens is 1. The van der Waals surface area contributed by atoms with Crippen molar-refractivity contribution in [1.29, 1.82) is 0 Å². The van der Waals surface area contributed by atoms with Crippen LogP contribution in [0.3, 0.4) is 0 Å². The van der Waals surface area contributed by atoms with E-state index in [0.717, 1.165) is 21.8 Å². The quantitative estimate of drug-likeness (QED) is 0.135. The predicted octanol–water partition coefficient (Wildman–Crippen LogP) is 5.98. The molecule has 0 N–H and O–H groups in total. The van der Waals surface area contributed by atoms with Crippen LogP contribution in [-0.2, 0) is 32.6 Å². The van der Waals surface area contributed by atoms with Gasteiger partial charge in [0.05, 0.1) is 11.0 Å². The third kappa shape index (κ3) is 6.49. The molecule has 172 valence electrons. The van der Waals surface area contributed by atoms with Crippen molar-refractivity contribution < 1.29 is 32.6 Å². The molecule has 0 fully saturated rings. The molecule has 0 spiro atoms. The van der Waals surface area contributed by atoms with Gasteiger partial charge in [0.1, 0.15) is 0 Å². The number of nitrogens with zero attached hydrogens (tertiary/aromatic N) is 2. The van der Waals surface area contributed by atoms with Crippen LogP contribution in [-0.4, -0.2) is 30.3 Å². The minimum atomic E-state index is 0.946. The van der Waals surface area contributed by atoms with Gasteiger partial charge in [-0.25, -0.2) is 0 Å². The van der Waals surface area contributed by atoms with Crippen LogP contribution in [0.15, 0.2) is 97.3 Å². The number of fused-ring (bicyclic) bond motifs is 3. The zero-order chi connectivity index (χ0) is 25.3. The average Bonchev–Trinajstić information content (AvgIpc) is 2.97. The first-order chi connectivity index (χ1) is 16.9. The van der Waals surface area contributed by atoms with Crippen LogP contribution in [0.25, 0.3) is 44.1 Å². The van der Waals surface area contributed by atoms with Crippen LogP contribution < -0.4 is 0 Å². The fraction of sp³-hybridized carbons (Fsp3) is 0. The first-order valence-electron chi connectivity index (χ1n) is 9.54. The Balaban J connectivity index is 0.000000659. The molecule has 0 bridgehead atoms. The van der Waals surface area contributed by atoms with Crippen LogP contribution in [0.2, 0.25) is 0 Å². The van der Waals surface area contributed by atoms with Crippen LogP contribution in [0.1, 0.15) is 0 Å². The molecule has 0 saturated carbocycles. The van der Waals surface area contributed by atoms with Crippen LogP contribution in [0, 0.1) is 0 Å². The second-order valence-electron chi connectivity index (χ2n) is 6.31. The van der Waals surface area contributed by atoms with E-state index in [4.69, 9.17) is 23.9 Å². The van der Waals surface area contributed by atoms with E-state index >= 15 is 0 Å². The summed E-state index contributed by atoms with van der Waals surface area (Å²) in [5, 5.41) is 2.26. The molecule has 5 nitrogen and oxygen atoms in total. The Morgan fingerprint density at radius 1 is 0.500 bits per heavy atom. The number of benzene rings is 3. The van der Waals surface area contributed by atoms with Gasteiger partial charge in [-0.15, -0.1) is 0 Å². The van der Waals surface area contributed by atoms with Gasteiger partial charge >= 0.3 is 27.7 Å². The van der Waals surface area contributed by atoms with Gasteiger partial charge < -0.3 is 14.4 Å². The normalized spacial score (nSPS) is 9.00. The Morgan fingerprint density at radius 2 is 0.824 bits per heavy atom. The summed E-state index contributed by atoms with van der Waals surface area (Å²) in [6.45, 7) is 9.75. The summed E-state index contributed by atoms with van der Waals surface area (Å²) in [6, 6.07) is 29.3. The molecule has 0 saturated heterocycles. The molecule has 0 aliphatic carbocycles. The van der Waals surface area contributed by atoms with E-state index in [-0.39, 0.29) is 0 Å². The summed E-state index contributed by atoms with van der Waals surface area (Å²) < 4.78 is 0. The molecular weight excluding hydrogens is 622 g/mol. The van der Waals surface area contributed by atoms with Gasteiger partial charge in [-0.2, -0.15) is 0 Å². The number of hydrogen-bond acceptors (Lipinski definition) is 5. The Bertz CT molecular complexity index is 1190. The van der Waals surface area contributed by atoms with Crippen LogP contribution in [0.4, 0.5) is 0 Å². The molecule has 7 heteroatoms. The van der Waals surface area contributed by atoms with Crippen LogP contribution >= 0.6 is 9.53 Å². The van der Waals surface area contributed by atoms with Gasteiger partial charge in [0.25, 0.3) is 0 Å². The minimum Gasteiger partial charge on any atom is -0.254 e. The van der Waals surface area contributed by atoms with E-state index in [0.29, 0.717) is 0 Å². The molecule has 5 aromatic rings. The molecule has 2 heterocycles. The van der Waals surface area contributed by atoms with Crippen molar-refractivity contribution in [2.45, 2.75) is 0 Å². The minimum absolute atomic E-state index is 0.946. The van der Waals surface area contributed by atoms with E-state index in [9.17, 15) is 0 Å². The molecule has 0 atom stereocenters. The zero-order valence-corrected chi connectivity index (χ0v) is 21.3. The number of pyridine rings is 2. The van der Waals surface area contributed by atoms with E-state index < -0.39 is 0 Å². The largest absolute Gasteiger partial charge is 0.254 e. The van der Waals surface area contributed by atoms with Gasteiger partial charge in [-0.3, -0.25) is 30.3 Å². The van der Waals surface area contributed by atoms with E-state index in [1.165, 1.54) is 40.4 Å². The van der Waals surface area contributed by atoms with E-state index in [1.54, 1.807) is 0 Å². The average molecular weight is 641 g/mol. The van der Waals surface area contributed by atoms with Crippen molar-refractivity contribution in [3.8, 4) is 22.3 Å². The molecule has 2 aromatic heterocycles. The summed E-state index contributed by atoms with van der Waals surface area (Å²) in [5.41, 5.74) is 6.65. The third-order valence-electron chi connectivity index (χ3n) is 4.79. The van der Waals surface area contributed by atoms with Gasteiger partial charge in [0.15, 0.2) is 0 Å². The van der Waals surface area contributed by atoms with Crippen molar-refractivity contribution in [2.75, 3.05) is 0 Å². The molecular formula is C27H19ClN2O3Re-3. The maximum absolute atomic E-state index is 7.75.